The molecule has 3 rings (SSSR count). The Morgan fingerprint density at radius 1 is 1.21 bits per heavy atom. The number of carbonyl (C=O) groups excluding carboxylic acids is 1. The summed E-state index contributed by atoms with van der Waals surface area (Å²) in [5, 5.41) is 11.7. The molecule has 28 heavy (non-hydrogen) atoms. The van der Waals surface area contributed by atoms with Crippen molar-refractivity contribution in [2.45, 2.75) is 32.0 Å². The van der Waals surface area contributed by atoms with Gasteiger partial charge >= 0.3 is 12.1 Å². The lowest BCUT2D eigenvalue weighted by atomic mass is 10.1. The Bertz CT molecular complexity index is 959. The highest BCUT2D eigenvalue weighted by atomic mass is 16.5. The third-order valence-electron chi connectivity index (χ3n) is 4.12. The summed E-state index contributed by atoms with van der Waals surface area (Å²) in [5.74, 6) is -0.839. The van der Waals surface area contributed by atoms with Gasteiger partial charge < -0.3 is 25.5 Å². The van der Waals surface area contributed by atoms with Crippen LogP contribution >= 0.6 is 0 Å². The molecule has 0 saturated heterocycles. The fourth-order valence-electron chi connectivity index (χ4n) is 2.69. The van der Waals surface area contributed by atoms with E-state index >= 15 is 0 Å². The minimum Gasteiger partial charge on any atom is -0.480 e. The lowest BCUT2D eigenvalue weighted by Gasteiger charge is -2.15. The molecular weight excluding hydrogens is 364 g/mol. The standard InChI is InChI=1S/C18H20N6O4/c19-15-14-16(21-10-20-15)24(11-22-14)8-4-7-13(17(25)26)23-18(27)28-9-12-5-2-1-3-6-12/h1-3,5-6,10-11,13H,4,7-9H2,(H,23,27)(H,25,26)(H2,19,20,21)/t13-/m0/s1. The van der Waals surface area contributed by atoms with Gasteiger partial charge in [-0.3, -0.25) is 0 Å². The van der Waals surface area contributed by atoms with Gasteiger partial charge in [0.25, 0.3) is 0 Å². The van der Waals surface area contributed by atoms with Crippen LogP contribution < -0.4 is 11.1 Å². The molecule has 0 fully saturated rings. The summed E-state index contributed by atoms with van der Waals surface area (Å²) < 4.78 is 6.84. The number of aromatic nitrogens is 4. The minimum absolute atomic E-state index is 0.0706. The van der Waals surface area contributed by atoms with Crippen LogP contribution in [0.2, 0.25) is 0 Å². The number of rotatable bonds is 8. The number of ether oxygens (including phenoxy) is 1. The number of carbonyl (C=O) groups is 2. The van der Waals surface area contributed by atoms with Gasteiger partial charge in [-0.2, -0.15) is 0 Å². The van der Waals surface area contributed by atoms with Crippen LogP contribution in [0, 0.1) is 0 Å². The smallest absolute Gasteiger partial charge is 0.408 e. The van der Waals surface area contributed by atoms with E-state index in [4.69, 9.17) is 10.5 Å². The molecule has 2 heterocycles. The molecule has 0 aliphatic rings. The zero-order chi connectivity index (χ0) is 19.9. The van der Waals surface area contributed by atoms with Gasteiger partial charge in [0.05, 0.1) is 6.33 Å². The number of anilines is 1. The Labute approximate surface area is 160 Å². The normalized spacial score (nSPS) is 11.9. The monoisotopic (exact) mass is 384 g/mol. The Morgan fingerprint density at radius 3 is 2.75 bits per heavy atom. The van der Waals surface area contributed by atoms with Crippen molar-refractivity contribution in [3.8, 4) is 0 Å². The highest BCUT2D eigenvalue weighted by Crippen LogP contribution is 2.15. The lowest BCUT2D eigenvalue weighted by Crippen LogP contribution is -2.41. The van der Waals surface area contributed by atoms with Gasteiger partial charge in [-0.05, 0) is 18.4 Å². The first-order chi connectivity index (χ1) is 13.5. The van der Waals surface area contributed by atoms with E-state index in [0.29, 0.717) is 24.1 Å². The van der Waals surface area contributed by atoms with Crippen molar-refractivity contribution in [1.82, 2.24) is 24.8 Å². The number of amides is 1. The number of nitrogens with zero attached hydrogens (tertiary/aromatic N) is 4. The molecule has 2 aromatic heterocycles. The zero-order valence-electron chi connectivity index (χ0n) is 15.0. The molecule has 0 bridgehead atoms. The third-order valence-corrected chi connectivity index (χ3v) is 4.12. The van der Waals surface area contributed by atoms with Crippen LogP contribution in [0.3, 0.4) is 0 Å². The molecule has 0 saturated carbocycles. The van der Waals surface area contributed by atoms with Crippen LogP contribution in [0.5, 0.6) is 0 Å². The molecular formula is C18H20N6O4. The molecule has 146 valence electrons. The largest absolute Gasteiger partial charge is 0.480 e. The van der Waals surface area contributed by atoms with Crippen molar-refractivity contribution in [1.29, 1.82) is 0 Å². The molecule has 10 heteroatoms. The van der Waals surface area contributed by atoms with Crippen LogP contribution in [-0.4, -0.2) is 42.7 Å². The molecule has 1 amide bonds. The van der Waals surface area contributed by atoms with E-state index in [1.54, 1.807) is 10.9 Å². The lowest BCUT2D eigenvalue weighted by molar-refractivity contribution is -0.139. The maximum atomic E-state index is 11.9. The molecule has 0 spiro atoms. The summed E-state index contributed by atoms with van der Waals surface area (Å²) in [6, 6.07) is 8.08. The van der Waals surface area contributed by atoms with Crippen LogP contribution in [0.4, 0.5) is 10.6 Å². The summed E-state index contributed by atoms with van der Waals surface area (Å²) in [7, 11) is 0. The van der Waals surface area contributed by atoms with E-state index in [-0.39, 0.29) is 18.8 Å². The zero-order valence-corrected chi connectivity index (χ0v) is 15.0. The predicted octanol–water partition coefficient (Wildman–Crippen LogP) is 1.57. The number of hydrogen-bond donors (Lipinski definition) is 3. The van der Waals surface area contributed by atoms with Crippen LogP contribution in [-0.2, 0) is 22.7 Å². The van der Waals surface area contributed by atoms with Crippen LogP contribution in [0.1, 0.15) is 18.4 Å². The first kappa shape index (κ1) is 19.1. The number of aliphatic carboxylic acids is 1. The van der Waals surface area contributed by atoms with E-state index in [2.05, 4.69) is 20.3 Å². The Morgan fingerprint density at radius 2 is 2.00 bits per heavy atom. The maximum absolute atomic E-state index is 11.9. The summed E-state index contributed by atoms with van der Waals surface area (Å²) in [4.78, 5) is 35.5. The fourth-order valence-corrected chi connectivity index (χ4v) is 2.69. The van der Waals surface area contributed by atoms with Crippen LogP contribution in [0.15, 0.2) is 43.0 Å². The number of imidazole rings is 1. The van der Waals surface area contributed by atoms with Gasteiger partial charge in [0.2, 0.25) is 0 Å². The number of hydrogen-bond acceptors (Lipinski definition) is 7. The topological polar surface area (TPSA) is 145 Å². The second kappa shape index (κ2) is 8.80. The first-order valence-electron chi connectivity index (χ1n) is 8.66. The number of carboxylic acids is 1. The summed E-state index contributed by atoms with van der Waals surface area (Å²) in [5.41, 5.74) is 7.64. The Hall–Kier alpha value is -3.69. The van der Waals surface area contributed by atoms with Crippen molar-refractivity contribution in [3.63, 3.8) is 0 Å². The van der Waals surface area contributed by atoms with E-state index in [1.807, 2.05) is 30.3 Å². The number of fused-ring (bicyclic) bond motifs is 1. The molecule has 0 unspecified atom stereocenters. The maximum Gasteiger partial charge on any atom is 0.408 e. The van der Waals surface area contributed by atoms with Crippen molar-refractivity contribution in [3.05, 3.63) is 48.5 Å². The first-order valence-corrected chi connectivity index (χ1v) is 8.66. The van der Waals surface area contributed by atoms with Crippen LogP contribution in [0.25, 0.3) is 11.2 Å². The predicted molar refractivity (Wildman–Crippen MR) is 100 cm³/mol. The number of alkyl carbamates (subject to hydrolysis) is 1. The van der Waals surface area contributed by atoms with Crippen molar-refractivity contribution < 1.29 is 19.4 Å². The number of nitrogens with two attached hydrogens (primary N) is 1. The SMILES string of the molecule is Nc1ncnc2c1ncn2CCC[C@H](NC(=O)OCc1ccccc1)C(=O)O. The van der Waals surface area contributed by atoms with Gasteiger partial charge in [0.1, 0.15) is 24.5 Å². The van der Waals surface area contributed by atoms with E-state index in [9.17, 15) is 14.7 Å². The van der Waals surface area contributed by atoms with Gasteiger partial charge in [-0.1, -0.05) is 30.3 Å². The summed E-state index contributed by atoms with van der Waals surface area (Å²) >= 11 is 0. The highest BCUT2D eigenvalue weighted by molar-refractivity contribution is 5.81. The molecule has 1 atom stereocenters. The van der Waals surface area contributed by atoms with Gasteiger partial charge in [-0.25, -0.2) is 24.5 Å². The van der Waals surface area contributed by atoms with Crippen molar-refractivity contribution in [2.24, 2.45) is 0 Å². The average molecular weight is 384 g/mol. The van der Waals surface area contributed by atoms with E-state index in [0.717, 1.165) is 5.56 Å². The molecule has 1 aromatic carbocycles. The highest BCUT2D eigenvalue weighted by Gasteiger charge is 2.20. The molecule has 3 aromatic rings. The number of aryl methyl sites for hydroxylation is 1. The number of nitrogen functional groups attached to an aromatic ring is 1. The quantitative estimate of drug-likeness (QED) is 0.530. The van der Waals surface area contributed by atoms with Crippen molar-refractivity contribution in [2.75, 3.05) is 5.73 Å². The van der Waals surface area contributed by atoms with Gasteiger partial charge in [0, 0.05) is 6.54 Å². The van der Waals surface area contributed by atoms with Gasteiger partial charge in [0.15, 0.2) is 11.5 Å². The van der Waals surface area contributed by atoms with E-state index < -0.39 is 18.1 Å². The average Bonchev–Trinajstić information content (AvgIpc) is 3.11. The Kier molecular flexibility index (Phi) is 6.00. The second-order valence-corrected chi connectivity index (χ2v) is 6.11. The molecule has 0 aliphatic heterocycles. The number of nitrogens with one attached hydrogen (secondary N) is 1. The third kappa shape index (κ3) is 4.72. The summed E-state index contributed by atoms with van der Waals surface area (Å²) in [6.45, 7) is 0.540. The molecule has 10 nitrogen and oxygen atoms in total. The molecule has 0 radical (unpaired) electrons. The summed E-state index contributed by atoms with van der Waals surface area (Å²) in [6.07, 6.45) is 2.85. The van der Waals surface area contributed by atoms with Gasteiger partial charge in [-0.15, -0.1) is 0 Å². The molecule has 0 aliphatic carbocycles. The molecule has 4 N–H and O–H groups in total. The number of benzene rings is 1. The number of carboxylic acid groups (broad SMARTS) is 1. The van der Waals surface area contributed by atoms with E-state index in [1.165, 1.54) is 6.33 Å². The fraction of sp³-hybridized carbons (Fsp3) is 0.278. The second-order valence-electron chi connectivity index (χ2n) is 6.11. The minimum atomic E-state index is -1.13. The Balaban J connectivity index is 1.51. The van der Waals surface area contributed by atoms with Crippen molar-refractivity contribution >= 4 is 29.0 Å².